The quantitative estimate of drug-likeness (QED) is 0.197. The van der Waals surface area contributed by atoms with Crippen LogP contribution in [0.15, 0.2) is 5.11 Å². The minimum Gasteiger partial charge on any atom is -0.463 e. The van der Waals surface area contributed by atoms with Crippen LogP contribution in [0.5, 0.6) is 0 Å². The highest BCUT2D eigenvalue weighted by molar-refractivity contribution is 5.69. The van der Waals surface area contributed by atoms with Crippen molar-refractivity contribution in [1.29, 1.82) is 5.26 Å². The highest BCUT2D eigenvalue weighted by Gasteiger charge is 2.60. The van der Waals surface area contributed by atoms with Crippen LogP contribution in [0, 0.1) is 11.3 Å². The van der Waals surface area contributed by atoms with Gasteiger partial charge in [0.1, 0.15) is 18.8 Å². The van der Waals surface area contributed by atoms with E-state index in [-0.39, 0.29) is 0 Å². The summed E-state index contributed by atoms with van der Waals surface area (Å²) in [4.78, 5) is 48.3. The van der Waals surface area contributed by atoms with Crippen molar-refractivity contribution >= 4 is 23.9 Å². The molecule has 1 saturated heterocycles. The van der Waals surface area contributed by atoms with Crippen LogP contribution in [0.4, 0.5) is 0 Å². The molecule has 0 aliphatic carbocycles. The molecule has 0 amide bonds. The number of ether oxygens (including phenoxy) is 5. The van der Waals surface area contributed by atoms with Gasteiger partial charge < -0.3 is 23.7 Å². The molecular formula is C15H18N4O9. The number of hydrogen-bond donors (Lipinski definition) is 0. The molecular weight excluding hydrogens is 380 g/mol. The first kappa shape index (κ1) is 22.7. The van der Waals surface area contributed by atoms with Crippen molar-refractivity contribution < 1.29 is 42.9 Å². The lowest BCUT2D eigenvalue weighted by atomic mass is 9.91. The molecule has 5 atom stereocenters. The summed E-state index contributed by atoms with van der Waals surface area (Å²) in [6.07, 6.45) is -6.19. The maximum absolute atomic E-state index is 11.6. The summed E-state index contributed by atoms with van der Waals surface area (Å²) in [6, 6.07) is 1.58. The first-order chi connectivity index (χ1) is 13.1. The van der Waals surface area contributed by atoms with Crippen LogP contribution in [0.1, 0.15) is 27.7 Å². The molecule has 1 aliphatic heterocycles. The van der Waals surface area contributed by atoms with E-state index in [0.29, 0.717) is 0 Å². The number of nitriles is 1. The van der Waals surface area contributed by atoms with Gasteiger partial charge in [0.2, 0.25) is 0 Å². The Hall–Kier alpha value is -3.36. The molecule has 0 bridgehead atoms. The Morgan fingerprint density at radius 3 is 2.00 bits per heavy atom. The van der Waals surface area contributed by atoms with Crippen molar-refractivity contribution in [1.82, 2.24) is 0 Å². The average molecular weight is 398 g/mol. The summed E-state index contributed by atoms with van der Waals surface area (Å²) in [5.41, 5.74) is 6.37. The topological polar surface area (TPSA) is 187 Å². The van der Waals surface area contributed by atoms with E-state index in [2.05, 4.69) is 10.0 Å². The largest absolute Gasteiger partial charge is 0.463 e. The highest BCUT2D eigenvalue weighted by atomic mass is 16.7. The summed E-state index contributed by atoms with van der Waals surface area (Å²) in [6.45, 7) is 3.62. The van der Waals surface area contributed by atoms with E-state index in [4.69, 9.17) is 29.2 Å². The van der Waals surface area contributed by atoms with Crippen LogP contribution < -0.4 is 0 Å². The molecule has 0 aromatic heterocycles. The molecule has 0 aromatic carbocycles. The predicted octanol–water partition coefficient (Wildman–Crippen LogP) is 0.274. The molecule has 1 heterocycles. The molecule has 152 valence electrons. The van der Waals surface area contributed by atoms with Crippen molar-refractivity contribution in [3.63, 3.8) is 0 Å². The lowest BCUT2D eigenvalue weighted by molar-refractivity contribution is -0.269. The fourth-order valence-corrected chi connectivity index (χ4v) is 2.54. The second-order valence-corrected chi connectivity index (χ2v) is 5.63. The summed E-state index contributed by atoms with van der Waals surface area (Å²) < 4.78 is 25.5. The minimum absolute atomic E-state index is 0.539. The van der Waals surface area contributed by atoms with E-state index in [0.717, 1.165) is 27.7 Å². The molecule has 0 radical (unpaired) electrons. The van der Waals surface area contributed by atoms with E-state index >= 15 is 0 Å². The van der Waals surface area contributed by atoms with Crippen LogP contribution in [0.3, 0.4) is 0 Å². The molecule has 13 nitrogen and oxygen atoms in total. The fraction of sp³-hybridized carbons (Fsp3) is 0.667. The maximum Gasteiger partial charge on any atom is 0.303 e. The number of carbonyl (C=O) groups is 4. The summed E-state index contributed by atoms with van der Waals surface area (Å²) in [5.74, 6) is -3.34. The molecule has 5 unspecified atom stereocenters. The smallest absolute Gasteiger partial charge is 0.303 e. The third-order valence-corrected chi connectivity index (χ3v) is 3.41. The van der Waals surface area contributed by atoms with E-state index < -0.39 is 60.6 Å². The zero-order valence-electron chi connectivity index (χ0n) is 15.5. The Balaban J connectivity index is 3.55. The standard InChI is InChI=1S/C15H18N4O9/c1-7(20)24-5-11-12(25-8(2)21)13(26-9(3)22)14(27-10(4)23)15(6-16,28-11)18-19-17/h11-14H,5H2,1-4H3. The SMILES string of the molecule is CC(=O)OCC1OC(C#N)(N=[N+]=[N-])C(OC(C)=O)C(OC(C)=O)C1OC(C)=O. The van der Waals surface area contributed by atoms with Gasteiger partial charge in [-0.1, -0.05) is 0 Å². The van der Waals surface area contributed by atoms with Crippen LogP contribution in [0.25, 0.3) is 10.4 Å². The van der Waals surface area contributed by atoms with Gasteiger partial charge in [0, 0.05) is 32.6 Å². The molecule has 1 rings (SSSR count). The third-order valence-electron chi connectivity index (χ3n) is 3.41. The number of rotatable bonds is 6. The van der Waals surface area contributed by atoms with Crippen molar-refractivity contribution in [2.75, 3.05) is 6.61 Å². The first-order valence-corrected chi connectivity index (χ1v) is 7.86. The fourth-order valence-electron chi connectivity index (χ4n) is 2.54. The van der Waals surface area contributed by atoms with Gasteiger partial charge in [-0.2, -0.15) is 5.26 Å². The van der Waals surface area contributed by atoms with Crippen molar-refractivity contribution in [3.8, 4) is 6.07 Å². The zero-order valence-corrected chi connectivity index (χ0v) is 15.5. The molecule has 1 fully saturated rings. The number of nitrogens with zero attached hydrogens (tertiary/aromatic N) is 4. The van der Waals surface area contributed by atoms with Crippen molar-refractivity contribution in [2.24, 2.45) is 5.11 Å². The van der Waals surface area contributed by atoms with Crippen LogP contribution >= 0.6 is 0 Å². The first-order valence-electron chi connectivity index (χ1n) is 7.86. The number of esters is 4. The molecule has 0 spiro atoms. The van der Waals surface area contributed by atoms with Gasteiger partial charge in [-0.3, -0.25) is 19.2 Å². The summed E-state index contributed by atoms with van der Waals surface area (Å²) in [5, 5.41) is 12.8. The lowest BCUT2D eigenvalue weighted by Crippen LogP contribution is -2.66. The second kappa shape index (κ2) is 9.54. The van der Waals surface area contributed by atoms with Gasteiger partial charge >= 0.3 is 23.9 Å². The molecule has 0 N–H and O–H groups in total. The average Bonchev–Trinajstić information content (AvgIpc) is 2.57. The normalized spacial score (nSPS) is 28.7. The van der Waals surface area contributed by atoms with Crippen LogP contribution in [-0.4, -0.2) is 60.6 Å². The lowest BCUT2D eigenvalue weighted by Gasteiger charge is -2.46. The number of azide groups is 1. The van der Waals surface area contributed by atoms with Gasteiger partial charge in [0.05, 0.1) is 0 Å². The zero-order chi connectivity index (χ0) is 21.5. The van der Waals surface area contributed by atoms with E-state index in [1.165, 1.54) is 0 Å². The number of hydrogen-bond acceptors (Lipinski definition) is 11. The van der Waals surface area contributed by atoms with E-state index in [9.17, 15) is 24.4 Å². The monoisotopic (exact) mass is 398 g/mol. The second-order valence-electron chi connectivity index (χ2n) is 5.63. The highest BCUT2D eigenvalue weighted by Crippen LogP contribution is 2.36. The van der Waals surface area contributed by atoms with Gasteiger partial charge in [-0.15, -0.1) is 0 Å². The van der Waals surface area contributed by atoms with Crippen LogP contribution in [-0.2, 0) is 42.9 Å². The Bertz CT molecular complexity index is 742. The molecule has 1 aliphatic rings. The Labute approximate surface area is 159 Å². The Kier molecular flexibility index (Phi) is 7.73. The summed E-state index contributed by atoms with van der Waals surface area (Å²) >= 11 is 0. The van der Waals surface area contributed by atoms with Crippen molar-refractivity contribution in [2.45, 2.75) is 57.8 Å². The van der Waals surface area contributed by atoms with Gasteiger partial charge in [-0.05, 0) is 10.6 Å². The third kappa shape index (κ3) is 5.57. The molecule has 0 aromatic rings. The Morgan fingerprint density at radius 1 is 1.04 bits per heavy atom. The molecule has 0 saturated carbocycles. The van der Waals surface area contributed by atoms with E-state index in [1.54, 1.807) is 6.07 Å². The maximum atomic E-state index is 11.6. The van der Waals surface area contributed by atoms with E-state index in [1.807, 2.05) is 0 Å². The van der Waals surface area contributed by atoms with Gasteiger partial charge in [0.25, 0.3) is 5.72 Å². The summed E-state index contributed by atoms with van der Waals surface area (Å²) in [7, 11) is 0. The van der Waals surface area contributed by atoms with Gasteiger partial charge in [0.15, 0.2) is 18.3 Å². The predicted molar refractivity (Wildman–Crippen MR) is 85.7 cm³/mol. The van der Waals surface area contributed by atoms with Crippen LogP contribution in [0.2, 0.25) is 0 Å². The molecule has 13 heteroatoms. The van der Waals surface area contributed by atoms with Gasteiger partial charge in [-0.25, -0.2) is 0 Å². The number of carbonyl (C=O) groups excluding carboxylic acids is 4. The van der Waals surface area contributed by atoms with Crippen molar-refractivity contribution in [3.05, 3.63) is 10.4 Å². The molecule has 28 heavy (non-hydrogen) atoms. The minimum atomic E-state index is -2.48. The Morgan fingerprint density at radius 2 is 1.57 bits per heavy atom.